The first-order chi connectivity index (χ1) is 8.33. The first kappa shape index (κ1) is 18.0. The van der Waals surface area contributed by atoms with Gasteiger partial charge < -0.3 is 20.1 Å². The summed E-state index contributed by atoms with van der Waals surface area (Å²) < 4.78 is 9.86. The van der Waals surface area contributed by atoms with Crippen LogP contribution in [0.15, 0.2) is 0 Å². The third-order valence-electron chi connectivity index (χ3n) is 2.75. The molecule has 1 fully saturated rings. The SMILES string of the molecule is COC(=O)[C@@H]1CNC[C@H]1CNC(=O)OC(C)(C)C.Cl. The Balaban J connectivity index is 0.00000324. The van der Waals surface area contributed by atoms with Gasteiger partial charge in [-0.1, -0.05) is 0 Å². The largest absolute Gasteiger partial charge is 0.469 e. The Morgan fingerprint density at radius 1 is 1.32 bits per heavy atom. The van der Waals surface area contributed by atoms with Gasteiger partial charge in [0.15, 0.2) is 0 Å². The van der Waals surface area contributed by atoms with Gasteiger partial charge >= 0.3 is 12.1 Å². The molecule has 6 nitrogen and oxygen atoms in total. The number of nitrogens with one attached hydrogen (secondary N) is 2. The van der Waals surface area contributed by atoms with E-state index in [1.54, 1.807) is 20.8 Å². The van der Waals surface area contributed by atoms with Crippen LogP contribution in [0.5, 0.6) is 0 Å². The number of methoxy groups -OCH3 is 1. The van der Waals surface area contributed by atoms with E-state index in [-0.39, 0.29) is 30.2 Å². The van der Waals surface area contributed by atoms with Crippen LogP contribution in [0.25, 0.3) is 0 Å². The molecule has 1 rings (SSSR count). The molecule has 0 aromatic carbocycles. The van der Waals surface area contributed by atoms with Gasteiger partial charge in [-0.05, 0) is 20.8 Å². The lowest BCUT2D eigenvalue weighted by Gasteiger charge is -2.21. The van der Waals surface area contributed by atoms with Crippen LogP contribution >= 0.6 is 12.4 Å². The fraction of sp³-hybridized carbons (Fsp3) is 0.833. The van der Waals surface area contributed by atoms with Crippen molar-refractivity contribution in [1.82, 2.24) is 10.6 Å². The Morgan fingerprint density at radius 3 is 2.47 bits per heavy atom. The van der Waals surface area contributed by atoms with Gasteiger partial charge in [-0.15, -0.1) is 12.4 Å². The number of carbonyl (C=O) groups is 2. The average molecular weight is 295 g/mol. The van der Waals surface area contributed by atoms with Gasteiger partial charge in [-0.2, -0.15) is 0 Å². The maximum absolute atomic E-state index is 11.5. The minimum absolute atomic E-state index is 0. The standard InChI is InChI=1S/C12H22N2O4.ClH/c1-12(2,3)18-11(16)14-6-8-5-13-7-9(8)10(15)17-4;/h8-9,13H,5-7H2,1-4H3,(H,14,16);1H/t8-,9+;/m0./s1. The molecule has 0 aliphatic carbocycles. The first-order valence-electron chi connectivity index (χ1n) is 6.09. The van der Waals surface area contributed by atoms with Crippen molar-refractivity contribution < 1.29 is 19.1 Å². The van der Waals surface area contributed by atoms with E-state index in [1.165, 1.54) is 7.11 Å². The van der Waals surface area contributed by atoms with Gasteiger partial charge in [0.25, 0.3) is 0 Å². The predicted molar refractivity (Wildman–Crippen MR) is 73.4 cm³/mol. The zero-order valence-electron chi connectivity index (χ0n) is 11.8. The number of ether oxygens (including phenoxy) is 2. The highest BCUT2D eigenvalue weighted by Gasteiger charge is 2.34. The van der Waals surface area contributed by atoms with Crippen molar-refractivity contribution >= 4 is 24.5 Å². The molecule has 7 heteroatoms. The van der Waals surface area contributed by atoms with Gasteiger partial charge in [-0.25, -0.2) is 4.79 Å². The normalized spacial score (nSPS) is 22.3. The molecule has 0 radical (unpaired) electrons. The molecule has 1 aliphatic heterocycles. The minimum atomic E-state index is -0.514. The summed E-state index contributed by atoms with van der Waals surface area (Å²) in [4.78, 5) is 23.0. The molecule has 1 amide bonds. The third kappa shape index (κ3) is 6.11. The summed E-state index contributed by atoms with van der Waals surface area (Å²) in [5, 5.41) is 5.80. The molecule has 0 saturated carbocycles. The van der Waals surface area contributed by atoms with Gasteiger partial charge in [0.1, 0.15) is 5.60 Å². The van der Waals surface area contributed by atoms with E-state index >= 15 is 0 Å². The van der Waals surface area contributed by atoms with Crippen LogP contribution in [0.2, 0.25) is 0 Å². The Bertz CT molecular complexity index is 317. The number of esters is 1. The molecular formula is C12H23ClN2O4. The molecule has 2 atom stereocenters. The first-order valence-corrected chi connectivity index (χ1v) is 6.09. The molecule has 1 heterocycles. The summed E-state index contributed by atoms with van der Waals surface area (Å²) in [5.74, 6) is -0.397. The number of alkyl carbamates (subject to hydrolysis) is 1. The highest BCUT2D eigenvalue weighted by molar-refractivity contribution is 5.85. The van der Waals surface area contributed by atoms with Crippen molar-refractivity contribution in [2.45, 2.75) is 26.4 Å². The van der Waals surface area contributed by atoms with Gasteiger partial charge in [0.2, 0.25) is 0 Å². The molecular weight excluding hydrogens is 272 g/mol. The Labute approximate surface area is 120 Å². The summed E-state index contributed by atoms with van der Waals surface area (Å²) >= 11 is 0. The molecule has 0 spiro atoms. The fourth-order valence-corrected chi connectivity index (χ4v) is 1.90. The molecule has 0 aromatic heterocycles. The number of hydrogen-bond donors (Lipinski definition) is 2. The van der Waals surface area contributed by atoms with E-state index in [9.17, 15) is 9.59 Å². The summed E-state index contributed by atoms with van der Waals surface area (Å²) in [7, 11) is 1.37. The number of hydrogen-bond acceptors (Lipinski definition) is 5. The zero-order valence-corrected chi connectivity index (χ0v) is 12.6. The van der Waals surface area contributed by atoms with E-state index in [1.807, 2.05) is 0 Å². The van der Waals surface area contributed by atoms with Crippen LogP contribution in [-0.4, -0.2) is 44.4 Å². The van der Waals surface area contributed by atoms with Gasteiger partial charge in [0.05, 0.1) is 13.0 Å². The summed E-state index contributed by atoms with van der Waals surface area (Å²) in [6.45, 7) is 7.10. The highest BCUT2D eigenvalue weighted by Crippen LogP contribution is 2.17. The van der Waals surface area contributed by atoms with E-state index in [4.69, 9.17) is 9.47 Å². The lowest BCUT2D eigenvalue weighted by atomic mass is 9.96. The number of halogens is 1. The molecule has 1 aliphatic rings. The zero-order chi connectivity index (χ0) is 13.8. The molecule has 19 heavy (non-hydrogen) atoms. The number of amides is 1. The lowest BCUT2D eigenvalue weighted by molar-refractivity contribution is -0.146. The van der Waals surface area contributed by atoms with Gasteiger partial charge in [0, 0.05) is 25.6 Å². The Hall–Kier alpha value is -1.01. The van der Waals surface area contributed by atoms with Crippen LogP contribution in [0.3, 0.4) is 0 Å². The maximum Gasteiger partial charge on any atom is 0.407 e. The van der Waals surface area contributed by atoms with E-state index in [0.717, 1.165) is 0 Å². The summed E-state index contributed by atoms with van der Waals surface area (Å²) in [5.41, 5.74) is -0.514. The Kier molecular flexibility index (Phi) is 7.15. The molecule has 0 bridgehead atoms. The fourth-order valence-electron chi connectivity index (χ4n) is 1.90. The van der Waals surface area contributed by atoms with Crippen LogP contribution in [-0.2, 0) is 14.3 Å². The van der Waals surface area contributed by atoms with E-state index < -0.39 is 11.7 Å². The van der Waals surface area contributed by atoms with Crippen LogP contribution < -0.4 is 10.6 Å². The van der Waals surface area contributed by atoms with Crippen molar-refractivity contribution in [2.75, 3.05) is 26.7 Å². The van der Waals surface area contributed by atoms with Gasteiger partial charge in [-0.3, -0.25) is 4.79 Å². The molecule has 112 valence electrons. The lowest BCUT2D eigenvalue weighted by Crippen LogP contribution is -2.38. The smallest absolute Gasteiger partial charge is 0.407 e. The highest BCUT2D eigenvalue weighted by atomic mass is 35.5. The summed E-state index contributed by atoms with van der Waals surface area (Å²) in [6.07, 6.45) is -0.460. The average Bonchev–Trinajstić information content (AvgIpc) is 2.71. The van der Waals surface area contributed by atoms with Crippen LogP contribution in [0, 0.1) is 11.8 Å². The van der Waals surface area contributed by atoms with Crippen LogP contribution in [0.1, 0.15) is 20.8 Å². The monoisotopic (exact) mass is 294 g/mol. The van der Waals surface area contributed by atoms with E-state index in [0.29, 0.717) is 19.6 Å². The van der Waals surface area contributed by atoms with Crippen molar-refractivity contribution in [3.8, 4) is 0 Å². The van der Waals surface area contributed by atoms with Crippen molar-refractivity contribution in [1.29, 1.82) is 0 Å². The maximum atomic E-state index is 11.5. The van der Waals surface area contributed by atoms with Crippen LogP contribution in [0.4, 0.5) is 4.79 Å². The number of carbonyl (C=O) groups excluding carboxylic acids is 2. The van der Waals surface area contributed by atoms with Crippen molar-refractivity contribution in [3.05, 3.63) is 0 Å². The second-order valence-electron chi connectivity index (χ2n) is 5.43. The van der Waals surface area contributed by atoms with E-state index in [2.05, 4.69) is 10.6 Å². The summed E-state index contributed by atoms with van der Waals surface area (Å²) in [6, 6.07) is 0. The second kappa shape index (κ2) is 7.55. The predicted octanol–water partition coefficient (Wildman–Crippen LogP) is 0.941. The quantitative estimate of drug-likeness (QED) is 0.758. The second-order valence-corrected chi connectivity index (χ2v) is 5.43. The van der Waals surface area contributed by atoms with Crippen molar-refractivity contribution in [2.24, 2.45) is 11.8 Å². The number of rotatable bonds is 3. The minimum Gasteiger partial charge on any atom is -0.469 e. The molecule has 2 N–H and O–H groups in total. The topological polar surface area (TPSA) is 76.7 Å². The molecule has 0 unspecified atom stereocenters. The Morgan fingerprint density at radius 2 is 1.95 bits per heavy atom. The molecule has 0 aromatic rings. The molecule has 1 saturated heterocycles. The third-order valence-corrected chi connectivity index (χ3v) is 2.75. The van der Waals surface area contributed by atoms with Crippen molar-refractivity contribution in [3.63, 3.8) is 0 Å².